The Labute approximate surface area is 218 Å². The maximum atomic E-state index is 13.9. The Balaban J connectivity index is 1.36. The van der Waals surface area contributed by atoms with Crippen molar-refractivity contribution in [3.8, 4) is 0 Å². The van der Waals surface area contributed by atoms with Crippen LogP contribution in [0.1, 0.15) is 73.8 Å². The van der Waals surface area contributed by atoms with Crippen molar-refractivity contribution in [3.63, 3.8) is 0 Å². The Kier molecular flexibility index (Phi) is 6.57. The molecule has 2 saturated heterocycles. The minimum atomic E-state index is -0.0491. The normalized spacial score (nSPS) is 22.8. The van der Waals surface area contributed by atoms with Crippen molar-refractivity contribution in [1.29, 1.82) is 0 Å². The molecule has 2 aromatic heterocycles. The van der Waals surface area contributed by atoms with Crippen LogP contribution in [0, 0.1) is 6.92 Å². The molecule has 1 aliphatic carbocycles. The van der Waals surface area contributed by atoms with E-state index >= 15 is 0 Å². The van der Waals surface area contributed by atoms with E-state index in [1.165, 1.54) is 32.1 Å². The van der Waals surface area contributed by atoms with Gasteiger partial charge in [-0.2, -0.15) is 5.10 Å². The Morgan fingerprint density at radius 2 is 1.76 bits per heavy atom. The van der Waals surface area contributed by atoms with E-state index in [2.05, 4.69) is 16.9 Å². The van der Waals surface area contributed by atoms with Gasteiger partial charge in [0.1, 0.15) is 0 Å². The van der Waals surface area contributed by atoms with Gasteiger partial charge >= 0.3 is 0 Å². The Morgan fingerprint density at radius 1 is 1.00 bits per heavy atom. The topological polar surface area (TPSA) is 72.6 Å². The third-order valence-electron chi connectivity index (χ3n) is 9.07. The number of aromatic nitrogens is 3. The summed E-state index contributed by atoms with van der Waals surface area (Å²) in [6, 6.07) is 5.25. The first-order chi connectivity index (χ1) is 17.9. The number of rotatable bonds is 3. The van der Waals surface area contributed by atoms with Gasteiger partial charge in [0.2, 0.25) is 0 Å². The van der Waals surface area contributed by atoms with Crippen molar-refractivity contribution in [1.82, 2.24) is 24.1 Å². The van der Waals surface area contributed by atoms with Gasteiger partial charge in [-0.25, -0.2) is 0 Å². The summed E-state index contributed by atoms with van der Waals surface area (Å²) >= 11 is 0. The highest BCUT2D eigenvalue weighted by Crippen LogP contribution is 2.32. The molecule has 3 fully saturated rings. The summed E-state index contributed by atoms with van der Waals surface area (Å²) in [5, 5.41) is 6.20. The molecule has 1 aromatic carbocycles. The summed E-state index contributed by atoms with van der Waals surface area (Å²) in [4.78, 5) is 31.8. The van der Waals surface area contributed by atoms with Crippen LogP contribution >= 0.6 is 0 Å². The van der Waals surface area contributed by atoms with Crippen molar-refractivity contribution in [2.24, 2.45) is 7.05 Å². The highest BCUT2D eigenvalue weighted by molar-refractivity contribution is 6.08. The minimum absolute atomic E-state index is 0.0491. The molecule has 1 amide bonds. The molecule has 2 aliphatic heterocycles. The van der Waals surface area contributed by atoms with Crippen LogP contribution in [0.25, 0.3) is 21.8 Å². The zero-order valence-electron chi connectivity index (χ0n) is 22.4. The van der Waals surface area contributed by atoms with Crippen molar-refractivity contribution >= 4 is 27.7 Å². The van der Waals surface area contributed by atoms with E-state index in [0.717, 1.165) is 60.0 Å². The van der Waals surface area contributed by atoms with Crippen molar-refractivity contribution in [3.05, 3.63) is 39.8 Å². The summed E-state index contributed by atoms with van der Waals surface area (Å²) in [5.41, 5.74) is 3.27. The summed E-state index contributed by atoms with van der Waals surface area (Å²) in [5.74, 6) is 0.0914. The average molecular weight is 506 g/mol. The molecule has 8 heteroatoms. The van der Waals surface area contributed by atoms with E-state index in [-0.39, 0.29) is 17.5 Å². The lowest BCUT2D eigenvalue weighted by atomic mass is 9.92. The van der Waals surface area contributed by atoms with Gasteiger partial charge in [0.05, 0.1) is 28.7 Å². The van der Waals surface area contributed by atoms with E-state index in [9.17, 15) is 9.59 Å². The van der Waals surface area contributed by atoms with E-state index in [4.69, 9.17) is 4.74 Å². The van der Waals surface area contributed by atoms with Crippen molar-refractivity contribution in [2.75, 3.05) is 32.8 Å². The summed E-state index contributed by atoms with van der Waals surface area (Å²) < 4.78 is 9.27. The lowest BCUT2D eigenvalue weighted by Gasteiger charge is -2.45. The van der Waals surface area contributed by atoms with Gasteiger partial charge in [0, 0.05) is 62.9 Å². The van der Waals surface area contributed by atoms with Crippen LogP contribution in [-0.4, -0.2) is 75.0 Å². The molecular formula is C29H39N5O3. The molecule has 0 radical (unpaired) electrons. The third kappa shape index (κ3) is 4.28. The SMILES string of the molecule is Cc1cc2c(cc1C(=O)N1CCN(C3CCCCC3)[C@@H](C)C1)c1c(cnn1C1CCOCC1)c(=O)n2C. The van der Waals surface area contributed by atoms with Gasteiger partial charge in [0.25, 0.3) is 11.5 Å². The molecule has 3 aromatic rings. The number of carbonyl (C=O) groups excluding carboxylic acids is 1. The highest BCUT2D eigenvalue weighted by atomic mass is 16.5. The quantitative estimate of drug-likeness (QED) is 0.538. The standard InChI is InChI=1S/C29H39N5O3/c1-19-15-26-24(27-25(28(35)31(26)3)17-30-34(27)22-9-13-37-14-10-22)16-23(19)29(36)32-11-12-33(20(2)18-32)21-7-5-4-6-8-21/h15-17,20-22H,4-14,18H2,1-3H3/t20-/m0/s1. The zero-order chi connectivity index (χ0) is 25.7. The molecule has 198 valence electrons. The Hall–Kier alpha value is -2.71. The van der Waals surface area contributed by atoms with E-state index in [1.807, 2.05) is 35.7 Å². The summed E-state index contributed by atoms with van der Waals surface area (Å²) in [6.07, 6.45) is 10.0. The number of amides is 1. The third-order valence-corrected chi connectivity index (χ3v) is 9.07. The first-order valence-corrected chi connectivity index (χ1v) is 14.1. The van der Waals surface area contributed by atoms with Gasteiger partial charge in [-0.15, -0.1) is 0 Å². The van der Waals surface area contributed by atoms with Gasteiger partial charge in [-0.1, -0.05) is 19.3 Å². The Bertz CT molecular complexity index is 1380. The molecule has 0 spiro atoms. The van der Waals surface area contributed by atoms with Crippen LogP contribution in [0.15, 0.2) is 23.1 Å². The molecule has 0 N–H and O–H groups in total. The maximum Gasteiger partial charge on any atom is 0.261 e. The number of aryl methyl sites for hydroxylation is 2. The number of nitrogens with zero attached hydrogens (tertiary/aromatic N) is 5. The zero-order valence-corrected chi connectivity index (χ0v) is 22.4. The summed E-state index contributed by atoms with van der Waals surface area (Å²) in [7, 11) is 1.81. The number of fused-ring (bicyclic) bond motifs is 3. The molecule has 3 aliphatic rings. The van der Waals surface area contributed by atoms with E-state index in [0.29, 0.717) is 30.7 Å². The number of benzene rings is 1. The fraction of sp³-hybridized carbons (Fsp3) is 0.621. The number of hydrogen-bond donors (Lipinski definition) is 0. The molecule has 6 rings (SSSR count). The van der Waals surface area contributed by atoms with Gasteiger partial charge in [0.15, 0.2) is 0 Å². The van der Waals surface area contributed by atoms with Crippen molar-refractivity contribution in [2.45, 2.75) is 76.9 Å². The van der Waals surface area contributed by atoms with Crippen LogP contribution < -0.4 is 5.56 Å². The van der Waals surface area contributed by atoms with Crippen molar-refractivity contribution < 1.29 is 9.53 Å². The van der Waals surface area contributed by atoms with Gasteiger partial charge < -0.3 is 14.2 Å². The molecule has 0 bridgehead atoms. The number of ether oxygens (including phenoxy) is 1. The first-order valence-electron chi connectivity index (χ1n) is 14.1. The molecule has 0 unspecified atom stereocenters. The molecular weight excluding hydrogens is 466 g/mol. The number of carbonyl (C=O) groups is 1. The molecule has 8 nitrogen and oxygen atoms in total. The first kappa shape index (κ1) is 24.6. The monoisotopic (exact) mass is 505 g/mol. The summed E-state index contributed by atoms with van der Waals surface area (Å²) in [6.45, 7) is 8.12. The fourth-order valence-corrected chi connectivity index (χ4v) is 6.96. The van der Waals surface area contributed by atoms with Crippen LogP contribution in [0.3, 0.4) is 0 Å². The predicted octanol–water partition coefficient (Wildman–Crippen LogP) is 4.03. The van der Waals surface area contributed by atoms with Gasteiger partial charge in [-0.3, -0.25) is 19.2 Å². The highest BCUT2D eigenvalue weighted by Gasteiger charge is 2.33. The molecule has 4 heterocycles. The second-order valence-electron chi connectivity index (χ2n) is 11.4. The average Bonchev–Trinajstić information content (AvgIpc) is 3.37. The second kappa shape index (κ2) is 9.87. The number of hydrogen-bond acceptors (Lipinski definition) is 5. The Morgan fingerprint density at radius 3 is 2.49 bits per heavy atom. The van der Waals surface area contributed by atoms with Crippen LogP contribution in [0.2, 0.25) is 0 Å². The second-order valence-corrected chi connectivity index (χ2v) is 11.4. The largest absolute Gasteiger partial charge is 0.381 e. The fourth-order valence-electron chi connectivity index (χ4n) is 6.96. The smallest absolute Gasteiger partial charge is 0.261 e. The number of pyridine rings is 1. The minimum Gasteiger partial charge on any atom is -0.381 e. The van der Waals surface area contributed by atoms with Gasteiger partial charge in [-0.05, 0) is 57.2 Å². The molecule has 37 heavy (non-hydrogen) atoms. The van der Waals surface area contributed by atoms with Crippen LogP contribution in [-0.2, 0) is 11.8 Å². The predicted molar refractivity (Wildman–Crippen MR) is 145 cm³/mol. The molecule has 1 atom stereocenters. The van der Waals surface area contributed by atoms with Crippen LogP contribution in [0.4, 0.5) is 0 Å². The van der Waals surface area contributed by atoms with Crippen LogP contribution in [0.5, 0.6) is 0 Å². The van der Waals surface area contributed by atoms with E-state index < -0.39 is 0 Å². The lowest BCUT2D eigenvalue weighted by Crippen LogP contribution is -2.57. The maximum absolute atomic E-state index is 13.9. The van der Waals surface area contributed by atoms with E-state index in [1.54, 1.807) is 10.8 Å². The lowest BCUT2D eigenvalue weighted by molar-refractivity contribution is 0.0293. The molecule has 1 saturated carbocycles. The number of piperazine rings is 1.